The number of aliphatic hydroxyl groups is 1. The zero-order chi connectivity index (χ0) is 14.2. The van der Waals surface area contributed by atoms with Gasteiger partial charge in [-0.3, -0.25) is 0 Å². The van der Waals surface area contributed by atoms with Gasteiger partial charge in [0.15, 0.2) is 11.6 Å². The van der Waals surface area contributed by atoms with Gasteiger partial charge in [-0.1, -0.05) is 23.7 Å². The number of hydrogen-bond acceptors (Lipinski definition) is 1. The van der Waals surface area contributed by atoms with E-state index in [0.29, 0.717) is 12.1 Å². The van der Waals surface area contributed by atoms with Crippen LogP contribution in [0.15, 0.2) is 30.3 Å². The van der Waals surface area contributed by atoms with Crippen molar-refractivity contribution in [1.29, 1.82) is 0 Å². The van der Waals surface area contributed by atoms with Crippen molar-refractivity contribution >= 4 is 11.6 Å². The Hall–Kier alpha value is -1.59. The minimum absolute atomic E-state index is 0.465. The van der Waals surface area contributed by atoms with Crippen molar-refractivity contribution in [2.75, 3.05) is 0 Å². The van der Waals surface area contributed by atoms with Gasteiger partial charge in [0.05, 0.1) is 5.02 Å². The summed E-state index contributed by atoms with van der Waals surface area (Å²) in [4.78, 5) is 0. The van der Waals surface area contributed by atoms with E-state index >= 15 is 0 Å². The molecule has 1 nitrogen and oxygen atoms in total. The second kappa shape index (κ2) is 5.19. The van der Waals surface area contributed by atoms with E-state index < -0.39 is 45.5 Å². The molecule has 0 aliphatic carbocycles. The van der Waals surface area contributed by atoms with E-state index in [1.807, 2.05) is 0 Å². The van der Waals surface area contributed by atoms with Crippen molar-refractivity contribution in [2.45, 2.75) is 6.10 Å². The summed E-state index contributed by atoms with van der Waals surface area (Å²) >= 11 is 5.36. The quantitative estimate of drug-likeness (QED) is 0.655. The first-order valence-electron chi connectivity index (χ1n) is 5.18. The molecule has 0 saturated heterocycles. The first-order valence-corrected chi connectivity index (χ1v) is 5.56. The van der Waals surface area contributed by atoms with Gasteiger partial charge in [0.1, 0.15) is 17.7 Å². The summed E-state index contributed by atoms with van der Waals surface area (Å²) < 4.78 is 53.3. The predicted molar refractivity (Wildman–Crippen MR) is 61.8 cm³/mol. The molecule has 0 saturated carbocycles. The molecule has 19 heavy (non-hydrogen) atoms. The maximum atomic E-state index is 13.6. The number of aliphatic hydroxyl groups excluding tert-OH is 1. The Bertz CT molecular complexity index is 630. The van der Waals surface area contributed by atoms with Crippen LogP contribution < -0.4 is 0 Å². The topological polar surface area (TPSA) is 20.2 Å². The first kappa shape index (κ1) is 13.8. The molecular formula is C13H7ClF4O. The third-order valence-electron chi connectivity index (χ3n) is 2.61. The molecule has 0 aliphatic rings. The lowest BCUT2D eigenvalue weighted by molar-refractivity contribution is 0.207. The number of rotatable bonds is 2. The molecule has 0 aliphatic heterocycles. The van der Waals surface area contributed by atoms with Gasteiger partial charge in [-0.2, -0.15) is 0 Å². The molecular weight excluding hydrogens is 284 g/mol. The normalized spacial score (nSPS) is 12.5. The molecule has 1 N–H and O–H groups in total. The molecule has 0 radical (unpaired) electrons. The Balaban J connectivity index is 2.53. The molecule has 0 fully saturated rings. The van der Waals surface area contributed by atoms with Crippen molar-refractivity contribution < 1.29 is 22.7 Å². The first-order chi connectivity index (χ1) is 8.91. The fraction of sp³-hybridized carbons (Fsp3) is 0.0769. The lowest BCUT2D eigenvalue weighted by atomic mass is 10.0. The Morgan fingerprint density at radius 3 is 2.26 bits per heavy atom. The summed E-state index contributed by atoms with van der Waals surface area (Å²) in [5.41, 5.74) is -1.01. The molecule has 0 amide bonds. The summed E-state index contributed by atoms with van der Waals surface area (Å²) in [6.45, 7) is 0. The fourth-order valence-corrected chi connectivity index (χ4v) is 1.80. The third kappa shape index (κ3) is 2.57. The average molecular weight is 291 g/mol. The minimum Gasteiger partial charge on any atom is -0.383 e. The van der Waals surface area contributed by atoms with Crippen molar-refractivity contribution in [2.24, 2.45) is 0 Å². The molecule has 2 aromatic rings. The fourth-order valence-electron chi connectivity index (χ4n) is 1.65. The average Bonchev–Trinajstić information content (AvgIpc) is 2.36. The summed E-state index contributed by atoms with van der Waals surface area (Å²) in [6, 6.07) is 4.39. The second-order valence-corrected chi connectivity index (χ2v) is 4.24. The third-order valence-corrected chi connectivity index (χ3v) is 2.90. The van der Waals surface area contributed by atoms with Crippen LogP contribution in [0, 0.1) is 23.3 Å². The van der Waals surface area contributed by atoms with Crippen molar-refractivity contribution in [3.8, 4) is 0 Å². The van der Waals surface area contributed by atoms with E-state index in [2.05, 4.69) is 0 Å². The minimum atomic E-state index is -1.83. The number of hydrogen-bond donors (Lipinski definition) is 1. The van der Waals surface area contributed by atoms with Crippen LogP contribution >= 0.6 is 11.6 Å². The van der Waals surface area contributed by atoms with Gasteiger partial charge < -0.3 is 5.11 Å². The Labute approximate surface area is 111 Å². The van der Waals surface area contributed by atoms with Crippen LogP contribution in [-0.4, -0.2) is 5.11 Å². The summed E-state index contributed by atoms with van der Waals surface area (Å²) in [7, 11) is 0. The van der Waals surface area contributed by atoms with Crippen LogP contribution in [0.2, 0.25) is 5.02 Å². The zero-order valence-electron chi connectivity index (χ0n) is 9.30. The van der Waals surface area contributed by atoms with Crippen LogP contribution in [0.5, 0.6) is 0 Å². The van der Waals surface area contributed by atoms with E-state index in [1.54, 1.807) is 0 Å². The summed E-state index contributed by atoms with van der Waals surface area (Å²) in [5, 5.41) is 9.37. The highest BCUT2D eigenvalue weighted by Gasteiger charge is 2.22. The van der Waals surface area contributed by atoms with E-state index in [0.717, 1.165) is 18.2 Å². The molecule has 0 heterocycles. The van der Waals surface area contributed by atoms with Crippen LogP contribution in [0.4, 0.5) is 17.6 Å². The monoisotopic (exact) mass is 290 g/mol. The van der Waals surface area contributed by atoms with Gasteiger partial charge in [-0.05, 0) is 18.2 Å². The van der Waals surface area contributed by atoms with E-state index in [-0.39, 0.29) is 0 Å². The molecule has 2 aromatic carbocycles. The lowest BCUT2D eigenvalue weighted by Crippen LogP contribution is -2.07. The van der Waals surface area contributed by atoms with Gasteiger partial charge in [0, 0.05) is 11.1 Å². The Morgan fingerprint density at radius 2 is 1.58 bits per heavy atom. The summed E-state index contributed by atoms with van der Waals surface area (Å²) in [5.74, 6) is -4.48. The van der Waals surface area contributed by atoms with Gasteiger partial charge in [0.2, 0.25) is 0 Å². The Morgan fingerprint density at radius 1 is 0.895 bits per heavy atom. The largest absolute Gasteiger partial charge is 0.383 e. The second-order valence-electron chi connectivity index (χ2n) is 3.83. The van der Waals surface area contributed by atoms with Gasteiger partial charge in [-0.25, -0.2) is 17.6 Å². The molecule has 100 valence electrons. The van der Waals surface area contributed by atoms with Crippen molar-refractivity contribution in [1.82, 2.24) is 0 Å². The van der Waals surface area contributed by atoms with Crippen molar-refractivity contribution in [3.63, 3.8) is 0 Å². The zero-order valence-corrected chi connectivity index (χ0v) is 10.1. The van der Waals surface area contributed by atoms with Crippen LogP contribution in [0.25, 0.3) is 0 Å². The van der Waals surface area contributed by atoms with Crippen molar-refractivity contribution in [3.05, 3.63) is 69.8 Å². The van der Waals surface area contributed by atoms with E-state index in [4.69, 9.17) is 11.6 Å². The lowest BCUT2D eigenvalue weighted by Gasteiger charge is -2.14. The highest BCUT2D eigenvalue weighted by atomic mass is 35.5. The predicted octanol–water partition coefficient (Wildman–Crippen LogP) is 3.98. The molecule has 2 rings (SSSR count). The molecule has 6 heteroatoms. The molecule has 1 atom stereocenters. The molecule has 0 aromatic heterocycles. The Kier molecular flexibility index (Phi) is 3.78. The highest BCUT2D eigenvalue weighted by molar-refractivity contribution is 6.30. The van der Waals surface area contributed by atoms with E-state index in [1.165, 1.54) is 0 Å². The van der Waals surface area contributed by atoms with Gasteiger partial charge in [0.25, 0.3) is 0 Å². The van der Waals surface area contributed by atoms with Crippen LogP contribution in [-0.2, 0) is 0 Å². The molecule has 0 spiro atoms. The van der Waals surface area contributed by atoms with Crippen LogP contribution in [0.1, 0.15) is 17.2 Å². The highest BCUT2D eigenvalue weighted by Crippen LogP contribution is 2.30. The van der Waals surface area contributed by atoms with Gasteiger partial charge >= 0.3 is 0 Å². The summed E-state index contributed by atoms with van der Waals surface area (Å²) in [6.07, 6.45) is -1.83. The van der Waals surface area contributed by atoms with Crippen LogP contribution in [0.3, 0.4) is 0 Å². The van der Waals surface area contributed by atoms with Gasteiger partial charge in [-0.15, -0.1) is 0 Å². The maximum absolute atomic E-state index is 13.6. The number of halogens is 5. The number of benzene rings is 2. The van der Waals surface area contributed by atoms with E-state index in [9.17, 15) is 22.7 Å². The molecule has 1 unspecified atom stereocenters. The maximum Gasteiger partial charge on any atom is 0.164 e. The standard InChI is InChI=1S/C13H7ClF4O/c14-8-5-10(16)7(4-11(8)17)13(19)6-2-1-3-9(15)12(6)18/h1-5,13,19H. The smallest absolute Gasteiger partial charge is 0.164 e. The SMILES string of the molecule is OC(c1cc(F)c(Cl)cc1F)c1cccc(F)c1F. The molecule has 0 bridgehead atoms.